The fourth-order valence-electron chi connectivity index (χ4n) is 0.532. The van der Waals surface area contributed by atoms with Crippen molar-refractivity contribution < 1.29 is 59.8 Å². The standard InChI is InChI=1S/C6H5O2S.2K.H/c7-9(8)6-4-2-1-3-5-6;;;/h1-5H;;;/q-1;;+1;. The van der Waals surface area contributed by atoms with Crippen molar-refractivity contribution in [1.82, 2.24) is 0 Å². The summed E-state index contributed by atoms with van der Waals surface area (Å²) in [5, 5.41) is 0. The van der Waals surface area contributed by atoms with Crippen LogP contribution >= 0.6 is 0 Å². The number of benzene rings is 1. The third-order valence-electron chi connectivity index (χ3n) is 0.936. The van der Waals surface area contributed by atoms with E-state index in [1.807, 2.05) is 0 Å². The second kappa shape index (κ2) is 9.02. The van der Waals surface area contributed by atoms with Crippen molar-refractivity contribution in [1.29, 1.82) is 0 Å². The molecule has 0 amide bonds. The Balaban J connectivity index is 0. The average molecular weight is 220 g/mol. The van der Waals surface area contributed by atoms with Crippen LogP contribution in [0.5, 0.6) is 0 Å². The van der Waals surface area contributed by atoms with Crippen molar-refractivity contribution in [3.8, 4) is 0 Å². The van der Waals surface area contributed by atoms with Gasteiger partial charge in [-0.1, -0.05) is 35.2 Å². The Morgan fingerprint density at radius 1 is 1.00 bits per heavy atom. The Hall–Kier alpha value is 2.44. The van der Waals surface area contributed by atoms with Gasteiger partial charge >= 0.3 is 103 Å². The molecule has 0 spiro atoms. The zero-order chi connectivity index (χ0) is 6.69. The molecule has 11 heavy (non-hydrogen) atoms. The second-order valence-electron chi connectivity index (χ2n) is 1.55. The van der Waals surface area contributed by atoms with Crippen molar-refractivity contribution in [3.63, 3.8) is 0 Å². The van der Waals surface area contributed by atoms with Crippen LogP contribution in [0.3, 0.4) is 0 Å². The molecule has 0 saturated heterocycles. The molecule has 0 aliphatic heterocycles. The Kier molecular flexibility index (Phi) is 13.0. The molecule has 0 aliphatic carbocycles. The first kappa shape index (κ1) is 15.9. The van der Waals surface area contributed by atoms with Gasteiger partial charge < -0.3 is 8.42 Å². The van der Waals surface area contributed by atoms with Crippen LogP contribution < -0.4 is 51.4 Å². The van der Waals surface area contributed by atoms with Crippen LogP contribution in [-0.2, 0) is 19.1 Å². The SMILES string of the molecule is O=[S-](=O)c1ccccc1.[K+].[KH]. The van der Waals surface area contributed by atoms with E-state index < -0.39 is 10.7 Å². The van der Waals surface area contributed by atoms with Crippen LogP contribution in [0, 0.1) is 0 Å². The maximum atomic E-state index is 10.2. The maximum absolute atomic E-state index is 10.2. The first-order valence-electron chi connectivity index (χ1n) is 2.45. The summed E-state index contributed by atoms with van der Waals surface area (Å²) in [6.45, 7) is 0. The Morgan fingerprint density at radius 3 is 1.73 bits per heavy atom. The fraction of sp³-hybridized carbons (Fsp3) is 0. The molecular formula is C6H6K2O2S. The van der Waals surface area contributed by atoms with Gasteiger partial charge in [-0.3, -0.25) is 0 Å². The zero-order valence-corrected chi connectivity index (χ0v) is 9.55. The van der Waals surface area contributed by atoms with Crippen LogP contribution in [-0.4, -0.2) is 51.4 Å². The van der Waals surface area contributed by atoms with E-state index in [-0.39, 0.29) is 103 Å². The summed E-state index contributed by atoms with van der Waals surface area (Å²) in [7, 11) is -2.08. The van der Waals surface area contributed by atoms with Crippen LogP contribution in [0.15, 0.2) is 35.2 Å². The molecule has 1 aromatic carbocycles. The Labute approximate surface area is 153 Å². The fourth-order valence-corrected chi connectivity index (χ4v) is 0.911. The van der Waals surface area contributed by atoms with Crippen molar-refractivity contribution in [2.45, 2.75) is 4.90 Å². The third-order valence-corrected chi connectivity index (χ3v) is 1.59. The van der Waals surface area contributed by atoms with E-state index in [0.717, 1.165) is 0 Å². The first-order chi connectivity index (χ1) is 4.30. The van der Waals surface area contributed by atoms with Crippen molar-refractivity contribution in [3.05, 3.63) is 30.3 Å². The van der Waals surface area contributed by atoms with Crippen LogP contribution in [0.4, 0.5) is 0 Å². The molecule has 5 heteroatoms. The summed E-state index contributed by atoms with van der Waals surface area (Å²) in [4.78, 5) is 0.331. The first-order valence-corrected chi connectivity index (χ1v) is 3.52. The summed E-state index contributed by atoms with van der Waals surface area (Å²) in [6.07, 6.45) is 0. The van der Waals surface area contributed by atoms with E-state index in [2.05, 4.69) is 0 Å². The van der Waals surface area contributed by atoms with Gasteiger partial charge in [0, 0.05) is 0 Å². The van der Waals surface area contributed by atoms with Gasteiger partial charge in [0.25, 0.3) is 0 Å². The normalized spacial score (nSPS) is 8.09. The third kappa shape index (κ3) is 6.50. The summed E-state index contributed by atoms with van der Waals surface area (Å²) in [6, 6.07) is 8.23. The van der Waals surface area contributed by atoms with E-state index in [0.29, 0.717) is 4.90 Å². The number of hydrogen-bond acceptors (Lipinski definition) is 3. The van der Waals surface area contributed by atoms with Gasteiger partial charge in [-0.2, -0.15) is 0 Å². The van der Waals surface area contributed by atoms with E-state index in [1.54, 1.807) is 30.3 Å². The van der Waals surface area contributed by atoms with E-state index in [1.165, 1.54) is 0 Å². The van der Waals surface area contributed by atoms with Gasteiger partial charge in [-0.25, -0.2) is 0 Å². The molecule has 0 radical (unpaired) electrons. The second-order valence-corrected chi connectivity index (χ2v) is 2.49. The van der Waals surface area contributed by atoms with Gasteiger partial charge in [-0.05, 0) is 10.7 Å². The molecule has 0 heterocycles. The quantitative estimate of drug-likeness (QED) is 0.394. The molecule has 0 N–H and O–H groups in total. The van der Waals surface area contributed by atoms with E-state index in [9.17, 15) is 8.42 Å². The molecule has 0 aromatic heterocycles. The molecule has 0 atom stereocenters. The molecule has 1 rings (SSSR count). The number of rotatable bonds is 1. The molecule has 1 aromatic rings. The average Bonchev–Trinajstić information content (AvgIpc) is 1.90. The molecule has 0 unspecified atom stereocenters. The summed E-state index contributed by atoms with van der Waals surface area (Å²) in [5.74, 6) is 0. The van der Waals surface area contributed by atoms with Crippen molar-refractivity contribution >= 4 is 62.1 Å². The monoisotopic (exact) mass is 220 g/mol. The van der Waals surface area contributed by atoms with Gasteiger partial charge in [0.15, 0.2) is 0 Å². The molecule has 0 fully saturated rings. The molecule has 0 bridgehead atoms. The zero-order valence-electron chi connectivity index (χ0n) is 5.61. The minimum atomic E-state index is -2.08. The van der Waals surface area contributed by atoms with Crippen LogP contribution in [0.1, 0.15) is 0 Å². The molecular weight excluding hydrogens is 214 g/mol. The van der Waals surface area contributed by atoms with Gasteiger partial charge in [0.1, 0.15) is 0 Å². The van der Waals surface area contributed by atoms with Crippen molar-refractivity contribution in [2.24, 2.45) is 0 Å². The predicted octanol–water partition coefficient (Wildman–Crippen LogP) is -2.29. The topological polar surface area (TPSA) is 34.1 Å². The van der Waals surface area contributed by atoms with Gasteiger partial charge in [0.2, 0.25) is 0 Å². The van der Waals surface area contributed by atoms with Crippen molar-refractivity contribution in [2.75, 3.05) is 0 Å². The van der Waals surface area contributed by atoms with E-state index >= 15 is 0 Å². The van der Waals surface area contributed by atoms with E-state index in [4.69, 9.17) is 0 Å². The Bertz CT molecular complexity index is 251. The molecule has 0 saturated carbocycles. The summed E-state index contributed by atoms with van der Waals surface area (Å²) < 4.78 is 20.4. The molecule has 0 aliphatic rings. The predicted molar refractivity (Wildman–Crippen MR) is 40.6 cm³/mol. The summed E-state index contributed by atoms with van der Waals surface area (Å²) in [5.41, 5.74) is 0. The summed E-state index contributed by atoms with van der Waals surface area (Å²) >= 11 is 0. The van der Waals surface area contributed by atoms with Crippen LogP contribution in [0.25, 0.3) is 0 Å². The minimum absolute atomic E-state index is 0. The van der Waals surface area contributed by atoms with Gasteiger partial charge in [-0.15, -0.1) is 0 Å². The molecule has 2 nitrogen and oxygen atoms in total. The molecule has 50 valence electrons. The Morgan fingerprint density at radius 2 is 1.45 bits per heavy atom. The van der Waals surface area contributed by atoms with Gasteiger partial charge in [0.05, 0.1) is 0 Å². The van der Waals surface area contributed by atoms with Crippen LogP contribution in [0.2, 0.25) is 0 Å². The number of hydrogen-bond donors (Lipinski definition) is 0.